The van der Waals surface area contributed by atoms with Crippen molar-refractivity contribution < 1.29 is 14.4 Å². The molecule has 0 radical (unpaired) electrons. The summed E-state index contributed by atoms with van der Waals surface area (Å²) in [4.78, 5) is 43.2. The van der Waals surface area contributed by atoms with Crippen molar-refractivity contribution in [1.82, 2.24) is 9.80 Å². The summed E-state index contributed by atoms with van der Waals surface area (Å²) in [5, 5.41) is 0.913. The van der Waals surface area contributed by atoms with Crippen molar-refractivity contribution in [3.63, 3.8) is 0 Å². The number of carbonyl (C=O) groups excluding carboxylic acids is 3. The first kappa shape index (κ1) is 20.7. The van der Waals surface area contributed by atoms with Crippen LogP contribution in [0, 0.1) is 5.92 Å². The van der Waals surface area contributed by atoms with Crippen molar-refractivity contribution in [2.24, 2.45) is 5.92 Å². The van der Waals surface area contributed by atoms with E-state index in [-0.39, 0.29) is 24.1 Å². The predicted molar refractivity (Wildman–Crippen MR) is 116 cm³/mol. The molecule has 0 aliphatic carbocycles. The number of para-hydroxylation sites is 1. The smallest absolute Gasteiger partial charge is 0.255 e. The Morgan fingerprint density at radius 1 is 0.833 bits per heavy atom. The van der Waals surface area contributed by atoms with E-state index in [0.29, 0.717) is 54.0 Å². The van der Waals surface area contributed by atoms with Gasteiger partial charge in [-0.2, -0.15) is 0 Å². The lowest BCUT2D eigenvalue weighted by atomic mass is 10.1. The van der Waals surface area contributed by atoms with E-state index in [0.717, 1.165) is 0 Å². The Balaban J connectivity index is 1.37. The molecule has 2 saturated heterocycles. The van der Waals surface area contributed by atoms with Gasteiger partial charge in [0.25, 0.3) is 5.91 Å². The largest absolute Gasteiger partial charge is 0.339 e. The highest BCUT2D eigenvalue weighted by Crippen LogP contribution is 2.31. The van der Waals surface area contributed by atoms with Crippen LogP contribution in [0.3, 0.4) is 0 Å². The molecule has 156 valence electrons. The molecule has 2 aromatic carbocycles. The van der Waals surface area contributed by atoms with Gasteiger partial charge in [0.05, 0.1) is 27.2 Å². The molecule has 4 rings (SSSR count). The first-order valence-electron chi connectivity index (χ1n) is 9.83. The van der Waals surface area contributed by atoms with Gasteiger partial charge in [-0.25, -0.2) is 0 Å². The number of anilines is 1. The fourth-order valence-corrected chi connectivity index (χ4v) is 4.42. The van der Waals surface area contributed by atoms with Crippen molar-refractivity contribution in [2.75, 3.05) is 37.6 Å². The second-order valence-electron chi connectivity index (χ2n) is 7.45. The van der Waals surface area contributed by atoms with Crippen LogP contribution in [0.25, 0.3) is 0 Å². The van der Waals surface area contributed by atoms with Crippen LogP contribution in [0.2, 0.25) is 10.0 Å². The van der Waals surface area contributed by atoms with E-state index < -0.39 is 5.92 Å². The fourth-order valence-electron chi connectivity index (χ4n) is 3.97. The number of nitrogens with zero attached hydrogens (tertiary/aromatic N) is 3. The highest BCUT2D eigenvalue weighted by atomic mass is 35.5. The maximum atomic E-state index is 13.0. The van der Waals surface area contributed by atoms with Crippen LogP contribution >= 0.6 is 23.2 Å². The van der Waals surface area contributed by atoms with E-state index in [1.807, 2.05) is 6.07 Å². The Morgan fingerprint density at radius 2 is 1.43 bits per heavy atom. The summed E-state index contributed by atoms with van der Waals surface area (Å²) in [6.45, 7) is 2.06. The Bertz CT molecular complexity index is 989. The quantitative estimate of drug-likeness (QED) is 0.727. The Hall–Kier alpha value is -2.57. The summed E-state index contributed by atoms with van der Waals surface area (Å²) in [7, 11) is 0. The maximum Gasteiger partial charge on any atom is 0.255 e. The van der Waals surface area contributed by atoms with Crippen LogP contribution in [0.4, 0.5) is 5.69 Å². The molecule has 0 unspecified atom stereocenters. The average Bonchev–Trinajstić information content (AvgIpc) is 3.15. The molecule has 0 bridgehead atoms. The van der Waals surface area contributed by atoms with Crippen LogP contribution in [-0.2, 0) is 9.59 Å². The molecule has 2 aliphatic heterocycles. The highest BCUT2D eigenvalue weighted by molar-refractivity contribution is 6.34. The number of halogens is 2. The first-order valence-corrected chi connectivity index (χ1v) is 10.6. The normalized spacial score (nSPS) is 19.3. The van der Waals surface area contributed by atoms with E-state index in [1.54, 1.807) is 57.2 Å². The minimum absolute atomic E-state index is 0.0530. The molecular formula is C22H21Cl2N3O3. The number of benzene rings is 2. The predicted octanol–water partition coefficient (Wildman–Crippen LogP) is 3.33. The molecule has 2 fully saturated rings. The number of hydrogen-bond donors (Lipinski definition) is 0. The molecule has 0 N–H and O–H groups in total. The number of carbonyl (C=O) groups is 3. The van der Waals surface area contributed by atoms with Gasteiger partial charge in [-0.05, 0) is 24.3 Å². The molecule has 30 heavy (non-hydrogen) atoms. The minimum Gasteiger partial charge on any atom is -0.339 e. The van der Waals surface area contributed by atoms with Gasteiger partial charge in [-0.3, -0.25) is 14.4 Å². The molecule has 2 aromatic rings. The Morgan fingerprint density at radius 3 is 2.10 bits per heavy atom. The lowest BCUT2D eigenvalue weighted by Gasteiger charge is -2.36. The average molecular weight is 446 g/mol. The first-order chi connectivity index (χ1) is 14.5. The van der Waals surface area contributed by atoms with Crippen LogP contribution in [0.15, 0.2) is 48.5 Å². The maximum absolute atomic E-state index is 13.0. The number of piperazine rings is 1. The summed E-state index contributed by atoms with van der Waals surface area (Å²) < 4.78 is 0. The van der Waals surface area contributed by atoms with Gasteiger partial charge in [0.15, 0.2) is 0 Å². The minimum atomic E-state index is -0.403. The Labute approximate surface area is 184 Å². The number of hydrogen-bond acceptors (Lipinski definition) is 3. The molecule has 8 heteroatoms. The second-order valence-corrected chi connectivity index (χ2v) is 8.27. The standard InChI is InChI=1S/C22H21Cl2N3O3/c23-17-6-2-1-5-16(17)22(30)26-11-9-25(10-12-26)21(29)15-13-20(28)27(14-15)19-8-4-3-7-18(19)24/h1-8,15H,9-14H2/t15-/m1/s1. The molecule has 0 saturated carbocycles. The van der Waals surface area contributed by atoms with Crippen LogP contribution in [-0.4, -0.2) is 60.2 Å². The van der Waals surface area contributed by atoms with E-state index in [4.69, 9.17) is 23.2 Å². The number of amides is 3. The molecular weight excluding hydrogens is 425 g/mol. The fraction of sp³-hybridized carbons (Fsp3) is 0.318. The van der Waals surface area contributed by atoms with Crippen molar-refractivity contribution in [2.45, 2.75) is 6.42 Å². The van der Waals surface area contributed by atoms with E-state index in [1.165, 1.54) is 0 Å². The van der Waals surface area contributed by atoms with Gasteiger partial charge in [0.1, 0.15) is 0 Å². The number of rotatable bonds is 3. The van der Waals surface area contributed by atoms with E-state index in [2.05, 4.69) is 0 Å². The van der Waals surface area contributed by atoms with E-state index in [9.17, 15) is 14.4 Å². The third-order valence-electron chi connectivity index (χ3n) is 5.60. The topological polar surface area (TPSA) is 60.9 Å². The molecule has 2 aliphatic rings. The summed E-state index contributed by atoms with van der Waals surface area (Å²) in [5.74, 6) is -0.690. The zero-order chi connectivity index (χ0) is 21.3. The lowest BCUT2D eigenvalue weighted by Crippen LogP contribution is -2.52. The Kier molecular flexibility index (Phi) is 5.97. The monoisotopic (exact) mass is 445 g/mol. The second kappa shape index (κ2) is 8.66. The molecule has 6 nitrogen and oxygen atoms in total. The van der Waals surface area contributed by atoms with Gasteiger partial charge >= 0.3 is 0 Å². The summed E-state index contributed by atoms with van der Waals surface area (Å²) in [5.41, 5.74) is 1.10. The van der Waals surface area contributed by atoms with Crippen LogP contribution in [0.1, 0.15) is 16.8 Å². The molecule has 3 amide bonds. The van der Waals surface area contributed by atoms with Gasteiger partial charge in [0, 0.05) is 39.1 Å². The molecule has 0 aromatic heterocycles. The molecule has 2 heterocycles. The SMILES string of the molecule is O=C(c1ccccc1Cl)N1CCN(C(=O)[C@@H]2CC(=O)N(c3ccccc3Cl)C2)CC1. The van der Waals surface area contributed by atoms with Crippen molar-refractivity contribution >= 4 is 46.6 Å². The van der Waals surface area contributed by atoms with Crippen LogP contribution < -0.4 is 4.90 Å². The van der Waals surface area contributed by atoms with Gasteiger partial charge < -0.3 is 14.7 Å². The van der Waals surface area contributed by atoms with Crippen molar-refractivity contribution in [3.05, 3.63) is 64.1 Å². The zero-order valence-corrected chi connectivity index (χ0v) is 17.8. The van der Waals surface area contributed by atoms with Crippen molar-refractivity contribution in [3.8, 4) is 0 Å². The van der Waals surface area contributed by atoms with Gasteiger partial charge in [-0.1, -0.05) is 47.5 Å². The van der Waals surface area contributed by atoms with Crippen molar-refractivity contribution in [1.29, 1.82) is 0 Å². The lowest BCUT2D eigenvalue weighted by molar-refractivity contribution is -0.137. The third kappa shape index (κ3) is 4.02. The highest BCUT2D eigenvalue weighted by Gasteiger charge is 2.38. The van der Waals surface area contributed by atoms with E-state index >= 15 is 0 Å². The molecule has 0 spiro atoms. The zero-order valence-electron chi connectivity index (χ0n) is 16.3. The van der Waals surface area contributed by atoms with Crippen LogP contribution in [0.5, 0.6) is 0 Å². The summed E-state index contributed by atoms with van der Waals surface area (Å²) in [6.07, 6.45) is 0.169. The van der Waals surface area contributed by atoms with Gasteiger partial charge in [-0.15, -0.1) is 0 Å². The summed E-state index contributed by atoms with van der Waals surface area (Å²) in [6, 6.07) is 14.1. The molecule has 1 atom stereocenters. The van der Waals surface area contributed by atoms with Gasteiger partial charge in [0.2, 0.25) is 11.8 Å². The third-order valence-corrected chi connectivity index (χ3v) is 6.25. The summed E-state index contributed by atoms with van der Waals surface area (Å²) >= 11 is 12.4.